The van der Waals surface area contributed by atoms with E-state index in [1.807, 2.05) is 0 Å². The van der Waals surface area contributed by atoms with Crippen molar-refractivity contribution >= 4 is 5.91 Å². The van der Waals surface area contributed by atoms with E-state index < -0.39 is 0 Å². The van der Waals surface area contributed by atoms with E-state index in [1.165, 1.54) is 13.0 Å². The van der Waals surface area contributed by atoms with Crippen LogP contribution in [0.3, 0.4) is 0 Å². The van der Waals surface area contributed by atoms with E-state index in [2.05, 4.69) is 43.2 Å². The zero-order valence-corrected chi connectivity index (χ0v) is 13.0. The molecule has 2 N–H and O–H groups in total. The maximum atomic E-state index is 11.7. The summed E-state index contributed by atoms with van der Waals surface area (Å²) in [5.74, 6) is 0.841. The van der Waals surface area contributed by atoms with Crippen LogP contribution in [-0.4, -0.2) is 49.1 Å². The van der Waals surface area contributed by atoms with E-state index in [0.29, 0.717) is 24.4 Å². The van der Waals surface area contributed by atoms with Gasteiger partial charge in [-0.2, -0.15) is 0 Å². The molecule has 4 nitrogen and oxygen atoms in total. The number of carbonyl (C=O) groups is 1. The van der Waals surface area contributed by atoms with E-state index >= 15 is 0 Å². The average Bonchev–Trinajstić information content (AvgIpc) is 2.81. The van der Waals surface area contributed by atoms with Crippen LogP contribution in [0.1, 0.15) is 47.0 Å². The SMILES string of the molecule is CC(C)NCCCC(=O)NCC1CCN(C(C)C)C1. The fourth-order valence-electron chi connectivity index (χ4n) is 2.48. The Morgan fingerprint density at radius 3 is 2.63 bits per heavy atom. The predicted molar refractivity (Wildman–Crippen MR) is 80.2 cm³/mol. The van der Waals surface area contributed by atoms with Gasteiger partial charge < -0.3 is 15.5 Å². The number of amides is 1. The minimum Gasteiger partial charge on any atom is -0.356 e. The molecule has 1 aliphatic rings. The van der Waals surface area contributed by atoms with Crippen LogP contribution in [0.4, 0.5) is 0 Å². The van der Waals surface area contributed by atoms with E-state index in [1.54, 1.807) is 0 Å². The van der Waals surface area contributed by atoms with Crippen molar-refractivity contribution in [3.05, 3.63) is 0 Å². The molecule has 4 heteroatoms. The second-order valence-corrected chi connectivity index (χ2v) is 6.26. The van der Waals surface area contributed by atoms with Crippen molar-refractivity contribution < 1.29 is 4.79 Å². The summed E-state index contributed by atoms with van der Waals surface area (Å²) in [4.78, 5) is 14.2. The van der Waals surface area contributed by atoms with Crippen LogP contribution < -0.4 is 10.6 Å². The zero-order chi connectivity index (χ0) is 14.3. The van der Waals surface area contributed by atoms with Crippen molar-refractivity contribution in [2.24, 2.45) is 5.92 Å². The Morgan fingerprint density at radius 1 is 1.32 bits per heavy atom. The number of rotatable bonds is 8. The van der Waals surface area contributed by atoms with Crippen LogP contribution in [0.15, 0.2) is 0 Å². The normalized spacial score (nSPS) is 20.4. The smallest absolute Gasteiger partial charge is 0.220 e. The molecule has 0 spiro atoms. The molecular weight excluding hydrogens is 238 g/mol. The third-order valence-electron chi connectivity index (χ3n) is 3.77. The molecule has 0 radical (unpaired) electrons. The van der Waals surface area contributed by atoms with E-state index in [0.717, 1.165) is 26.1 Å². The standard InChI is InChI=1S/C15H31N3O/c1-12(2)16-8-5-6-15(19)17-10-14-7-9-18(11-14)13(3)4/h12-14,16H,5-11H2,1-4H3,(H,17,19). The first-order valence-electron chi connectivity index (χ1n) is 7.73. The summed E-state index contributed by atoms with van der Waals surface area (Å²) in [6.07, 6.45) is 2.78. The highest BCUT2D eigenvalue weighted by Gasteiger charge is 2.24. The first-order valence-corrected chi connectivity index (χ1v) is 7.73. The highest BCUT2D eigenvalue weighted by molar-refractivity contribution is 5.75. The van der Waals surface area contributed by atoms with Crippen molar-refractivity contribution in [3.63, 3.8) is 0 Å². The monoisotopic (exact) mass is 269 g/mol. The quantitative estimate of drug-likeness (QED) is 0.658. The summed E-state index contributed by atoms with van der Waals surface area (Å²) in [6.45, 7) is 12.8. The summed E-state index contributed by atoms with van der Waals surface area (Å²) >= 11 is 0. The molecule has 1 rings (SSSR count). The molecule has 0 aromatic heterocycles. The Bertz CT molecular complexity index is 266. The van der Waals surface area contributed by atoms with Gasteiger partial charge in [-0.15, -0.1) is 0 Å². The van der Waals surface area contributed by atoms with Crippen LogP contribution in [-0.2, 0) is 4.79 Å². The number of hydrogen-bond acceptors (Lipinski definition) is 3. The van der Waals surface area contributed by atoms with Gasteiger partial charge in [-0.3, -0.25) is 4.79 Å². The molecule has 1 amide bonds. The minimum atomic E-state index is 0.202. The van der Waals surface area contributed by atoms with Gasteiger partial charge in [-0.25, -0.2) is 0 Å². The minimum absolute atomic E-state index is 0.202. The van der Waals surface area contributed by atoms with Crippen molar-refractivity contribution in [2.45, 2.75) is 59.0 Å². The maximum absolute atomic E-state index is 11.7. The largest absolute Gasteiger partial charge is 0.356 e. The summed E-state index contributed by atoms with van der Waals surface area (Å²) < 4.78 is 0. The maximum Gasteiger partial charge on any atom is 0.220 e. The molecule has 1 aliphatic heterocycles. The fourth-order valence-corrected chi connectivity index (χ4v) is 2.48. The number of carbonyl (C=O) groups excluding carboxylic acids is 1. The molecule has 1 atom stereocenters. The lowest BCUT2D eigenvalue weighted by Crippen LogP contribution is -2.33. The summed E-state index contributed by atoms with van der Waals surface area (Å²) in [6, 6.07) is 1.13. The van der Waals surface area contributed by atoms with Gasteiger partial charge in [0.15, 0.2) is 0 Å². The Hall–Kier alpha value is -0.610. The van der Waals surface area contributed by atoms with Gasteiger partial charge in [0.25, 0.3) is 0 Å². The molecule has 1 heterocycles. The van der Waals surface area contributed by atoms with Gasteiger partial charge in [-0.1, -0.05) is 13.8 Å². The van der Waals surface area contributed by atoms with Gasteiger partial charge in [-0.05, 0) is 45.7 Å². The van der Waals surface area contributed by atoms with Crippen LogP contribution in [0, 0.1) is 5.92 Å². The second kappa shape index (κ2) is 8.54. The van der Waals surface area contributed by atoms with Crippen LogP contribution in [0.2, 0.25) is 0 Å². The number of likely N-dealkylation sites (tertiary alicyclic amines) is 1. The summed E-state index contributed by atoms with van der Waals surface area (Å²) in [5.41, 5.74) is 0. The molecule has 0 aromatic rings. The Labute approximate surface area is 118 Å². The lowest BCUT2D eigenvalue weighted by Gasteiger charge is -2.20. The topological polar surface area (TPSA) is 44.4 Å². The third-order valence-corrected chi connectivity index (χ3v) is 3.77. The number of nitrogens with one attached hydrogen (secondary N) is 2. The van der Waals surface area contributed by atoms with Crippen LogP contribution in [0.5, 0.6) is 0 Å². The van der Waals surface area contributed by atoms with E-state index in [-0.39, 0.29) is 5.91 Å². The Kier molecular flexibility index (Phi) is 7.39. The van der Waals surface area contributed by atoms with Crippen molar-refractivity contribution in [1.29, 1.82) is 0 Å². The first kappa shape index (κ1) is 16.4. The lowest BCUT2D eigenvalue weighted by atomic mass is 10.1. The molecule has 0 bridgehead atoms. The van der Waals surface area contributed by atoms with Crippen molar-refractivity contribution in [2.75, 3.05) is 26.2 Å². The van der Waals surface area contributed by atoms with Crippen molar-refractivity contribution in [3.8, 4) is 0 Å². The van der Waals surface area contributed by atoms with Gasteiger partial charge in [0.05, 0.1) is 0 Å². The average molecular weight is 269 g/mol. The first-order chi connectivity index (χ1) is 8.99. The van der Waals surface area contributed by atoms with Crippen LogP contribution >= 0.6 is 0 Å². The van der Waals surface area contributed by atoms with Gasteiger partial charge in [0.1, 0.15) is 0 Å². The number of nitrogens with zero attached hydrogens (tertiary/aromatic N) is 1. The second-order valence-electron chi connectivity index (χ2n) is 6.26. The molecule has 0 aliphatic carbocycles. The molecule has 112 valence electrons. The Morgan fingerprint density at radius 2 is 2.05 bits per heavy atom. The lowest BCUT2D eigenvalue weighted by molar-refractivity contribution is -0.121. The van der Waals surface area contributed by atoms with E-state index in [4.69, 9.17) is 0 Å². The zero-order valence-electron chi connectivity index (χ0n) is 13.0. The third kappa shape index (κ3) is 6.92. The Balaban J connectivity index is 2.04. The molecule has 0 saturated carbocycles. The number of hydrogen-bond donors (Lipinski definition) is 2. The van der Waals surface area contributed by atoms with Gasteiger partial charge >= 0.3 is 0 Å². The van der Waals surface area contributed by atoms with Crippen molar-refractivity contribution in [1.82, 2.24) is 15.5 Å². The van der Waals surface area contributed by atoms with E-state index in [9.17, 15) is 4.79 Å². The van der Waals surface area contributed by atoms with Gasteiger partial charge in [0, 0.05) is 31.6 Å². The summed E-state index contributed by atoms with van der Waals surface area (Å²) in [7, 11) is 0. The fraction of sp³-hybridized carbons (Fsp3) is 0.933. The van der Waals surface area contributed by atoms with Gasteiger partial charge in [0.2, 0.25) is 5.91 Å². The predicted octanol–water partition coefficient (Wildman–Crippen LogP) is 1.61. The molecule has 1 unspecified atom stereocenters. The van der Waals surface area contributed by atoms with Crippen LogP contribution in [0.25, 0.3) is 0 Å². The summed E-state index contributed by atoms with van der Waals surface area (Å²) in [5, 5.41) is 6.41. The highest BCUT2D eigenvalue weighted by atomic mass is 16.1. The highest BCUT2D eigenvalue weighted by Crippen LogP contribution is 2.17. The molecule has 19 heavy (non-hydrogen) atoms. The molecular formula is C15H31N3O. The molecule has 0 aromatic carbocycles. The molecule has 1 fully saturated rings. The molecule has 1 saturated heterocycles.